The number of nitrogens with zero attached hydrogens (tertiary/aromatic N) is 2. The van der Waals surface area contributed by atoms with Gasteiger partial charge >= 0.3 is 6.09 Å². The Bertz CT molecular complexity index is 659. The van der Waals surface area contributed by atoms with Gasteiger partial charge in [-0.15, -0.1) is 0 Å². The minimum Gasteiger partial charge on any atom is -0.444 e. The van der Waals surface area contributed by atoms with Gasteiger partial charge in [0, 0.05) is 13.1 Å². The van der Waals surface area contributed by atoms with Gasteiger partial charge < -0.3 is 19.5 Å². The van der Waals surface area contributed by atoms with Gasteiger partial charge in [-0.1, -0.05) is 43.7 Å². The smallest absolute Gasteiger partial charge is 0.411 e. The van der Waals surface area contributed by atoms with E-state index in [4.69, 9.17) is 9.47 Å². The van der Waals surface area contributed by atoms with Gasteiger partial charge in [-0.05, 0) is 32.8 Å². The molecule has 1 heterocycles. The molecule has 2 amide bonds. The third-order valence-corrected chi connectivity index (χ3v) is 4.79. The lowest BCUT2D eigenvalue weighted by molar-refractivity contribution is -0.147. The van der Waals surface area contributed by atoms with E-state index >= 15 is 0 Å². The molecule has 7 heteroatoms. The van der Waals surface area contributed by atoms with E-state index in [-0.39, 0.29) is 19.1 Å². The quantitative estimate of drug-likeness (QED) is 0.718. The highest BCUT2D eigenvalue weighted by molar-refractivity contribution is 5.87. The summed E-state index contributed by atoms with van der Waals surface area (Å²) in [5.74, 6) is -0.161. The molecule has 0 bridgehead atoms. The van der Waals surface area contributed by atoms with Crippen LogP contribution < -0.4 is 0 Å². The number of hydrogen-bond donors (Lipinski definition) is 1. The maximum atomic E-state index is 13.1. The predicted octanol–water partition coefficient (Wildman–Crippen LogP) is 2.81. The number of ether oxygens (including phenoxy) is 2. The summed E-state index contributed by atoms with van der Waals surface area (Å²) in [6.45, 7) is 8.59. The van der Waals surface area contributed by atoms with Crippen molar-refractivity contribution in [2.24, 2.45) is 0 Å². The highest BCUT2D eigenvalue weighted by atomic mass is 16.6. The molecule has 7 nitrogen and oxygen atoms in total. The van der Waals surface area contributed by atoms with Crippen LogP contribution >= 0.6 is 0 Å². The number of benzene rings is 1. The standard InChI is InChI=1S/C22H34N2O5/c1-5-9-19-20(26)23(12-13-24(19)21(27)29-22(2,3)4)18(14-25)16-28-15-17-10-7-6-8-11-17/h6-8,10-11,18-19,25H,5,9,12-16H2,1-4H3/t18-,19+/m1/s1. The predicted molar refractivity (Wildman–Crippen MR) is 110 cm³/mol. The van der Waals surface area contributed by atoms with Crippen molar-refractivity contribution in [3.05, 3.63) is 35.9 Å². The SMILES string of the molecule is CCC[C@H]1C(=O)N([C@H](CO)COCc2ccccc2)CCN1C(=O)OC(C)(C)C. The number of aliphatic hydroxyl groups excluding tert-OH is 1. The Morgan fingerprint density at radius 3 is 2.52 bits per heavy atom. The van der Waals surface area contributed by atoms with Gasteiger partial charge in [-0.25, -0.2) is 4.79 Å². The van der Waals surface area contributed by atoms with Gasteiger partial charge in [0.05, 0.1) is 25.9 Å². The first-order valence-electron chi connectivity index (χ1n) is 10.3. The van der Waals surface area contributed by atoms with Gasteiger partial charge in [-0.3, -0.25) is 9.69 Å². The van der Waals surface area contributed by atoms with Gasteiger partial charge in [0.1, 0.15) is 11.6 Å². The van der Waals surface area contributed by atoms with Crippen LogP contribution in [0, 0.1) is 0 Å². The number of carbonyl (C=O) groups excluding carboxylic acids is 2. The molecule has 0 aliphatic carbocycles. The molecule has 1 aromatic rings. The molecule has 1 aromatic carbocycles. The van der Waals surface area contributed by atoms with Crippen LogP contribution in [-0.4, -0.2) is 70.9 Å². The Labute approximate surface area is 173 Å². The highest BCUT2D eigenvalue weighted by Gasteiger charge is 2.40. The van der Waals surface area contributed by atoms with Crippen LogP contribution in [0.15, 0.2) is 30.3 Å². The molecule has 1 aliphatic heterocycles. The van der Waals surface area contributed by atoms with Gasteiger partial charge in [0.15, 0.2) is 0 Å². The van der Waals surface area contributed by atoms with E-state index in [1.165, 1.54) is 4.90 Å². The normalized spacial score (nSPS) is 18.7. The van der Waals surface area contributed by atoms with E-state index in [1.807, 2.05) is 58.0 Å². The van der Waals surface area contributed by atoms with Crippen LogP contribution in [0.1, 0.15) is 46.1 Å². The van der Waals surface area contributed by atoms with Crippen molar-refractivity contribution in [1.29, 1.82) is 0 Å². The number of piperazine rings is 1. The molecular weight excluding hydrogens is 372 g/mol. The van der Waals surface area contributed by atoms with Crippen LogP contribution in [0.25, 0.3) is 0 Å². The molecular formula is C22H34N2O5. The molecule has 1 saturated heterocycles. The molecule has 29 heavy (non-hydrogen) atoms. The molecule has 0 unspecified atom stereocenters. The monoisotopic (exact) mass is 406 g/mol. The van der Waals surface area contributed by atoms with Crippen molar-refractivity contribution < 1.29 is 24.2 Å². The van der Waals surface area contributed by atoms with Crippen molar-refractivity contribution in [2.45, 2.75) is 64.8 Å². The van der Waals surface area contributed by atoms with Gasteiger partial charge in [0.25, 0.3) is 0 Å². The summed E-state index contributed by atoms with van der Waals surface area (Å²) >= 11 is 0. The molecule has 0 saturated carbocycles. The Kier molecular flexibility index (Phi) is 8.46. The Balaban J connectivity index is 2.01. The van der Waals surface area contributed by atoms with Crippen LogP contribution in [0.3, 0.4) is 0 Å². The minimum atomic E-state index is -0.618. The van der Waals surface area contributed by atoms with E-state index in [9.17, 15) is 14.7 Å². The number of hydrogen-bond acceptors (Lipinski definition) is 5. The number of aliphatic hydroxyl groups is 1. The summed E-state index contributed by atoms with van der Waals surface area (Å²) < 4.78 is 11.2. The number of rotatable bonds is 8. The summed E-state index contributed by atoms with van der Waals surface area (Å²) in [6, 6.07) is 8.74. The van der Waals surface area contributed by atoms with E-state index < -0.39 is 23.8 Å². The first kappa shape index (κ1) is 23.2. The Hall–Kier alpha value is -2.12. The molecule has 162 valence electrons. The third kappa shape index (κ3) is 6.72. The van der Waals surface area contributed by atoms with E-state index in [0.717, 1.165) is 12.0 Å². The lowest BCUT2D eigenvalue weighted by Gasteiger charge is -2.43. The zero-order chi connectivity index (χ0) is 21.4. The second-order valence-corrected chi connectivity index (χ2v) is 8.35. The zero-order valence-corrected chi connectivity index (χ0v) is 18.0. The van der Waals surface area contributed by atoms with Crippen LogP contribution in [-0.2, 0) is 20.9 Å². The van der Waals surface area contributed by atoms with Crippen LogP contribution in [0.4, 0.5) is 4.79 Å². The number of carbonyl (C=O) groups is 2. The Morgan fingerprint density at radius 2 is 1.93 bits per heavy atom. The molecule has 0 spiro atoms. The summed E-state index contributed by atoms with van der Waals surface area (Å²) in [6.07, 6.45) is 0.847. The van der Waals surface area contributed by atoms with Crippen LogP contribution in [0.5, 0.6) is 0 Å². The Morgan fingerprint density at radius 1 is 1.24 bits per heavy atom. The molecule has 2 atom stereocenters. The first-order chi connectivity index (χ1) is 13.8. The summed E-state index contributed by atoms with van der Waals surface area (Å²) in [5.41, 5.74) is 0.418. The maximum absolute atomic E-state index is 13.1. The van der Waals surface area contributed by atoms with Gasteiger partial charge in [-0.2, -0.15) is 0 Å². The second-order valence-electron chi connectivity index (χ2n) is 8.35. The molecule has 1 fully saturated rings. The van der Waals surface area contributed by atoms with Crippen LogP contribution in [0.2, 0.25) is 0 Å². The topological polar surface area (TPSA) is 79.3 Å². The summed E-state index contributed by atoms with van der Waals surface area (Å²) in [7, 11) is 0. The first-order valence-corrected chi connectivity index (χ1v) is 10.3. The van der Waals surface area contributed by atoms with Crippen molar-refractivity contribution in [3.8, 4) is 0 Å². The summed E-state index contributed by atoms with van der Waals surface area (Å²) in [5, 5.41) is 9.86. The highest BCUT2D eigenvalue weighted by Crippen LogP contribution is 2.21. The average molecular weight is 407 g/mol. The van der Waals surface area contributed by atoms with E-state index in [1.54, 1.807) is 4.90 Å². The fourth-order valence-electron chi connectivity index (χ4n) is 3.39. The fraction of sp³-hybridized carbons (Fsp3) is 0.636. The van der Waals surface area contributed by atoms with Crippen molar-refractivity contribution >= 4 is 12.0 Å². The van der Waals surface area contributed by atoms with Gasteiger partial charge in [0.2, 0.25) is 5.91 Å². The second kappa shape index (κ2) is 10.6. The lowest BCUT2D eigenvalue weighted by Crippen LogP contribution is -2.62. The minimum absolute atomic E-state index is 0.161. The van der Waals surface area contributed by atoms with Crippen molar-refractivity contribution in [3.63, 3.8) is 0 Å². The maximum Gasteiger partial charge on any atom is 0.411 e. The largest absolute Gasteiger partial charge is 0.444 e. The third-order valence-electron chi connectivity index (χ3n) is 4.79. The van der Waals surface area contributed by atoms with Crippen molar-refractivity contribution in [1.82, 2.24) is 9.80 Å². The van der Waals surface area contributed by atoms with E-state index in [0.29, 0.717) is 26.1 Å². The molecule has 1 aliphatic rings. The zero-order valence-electron chi connectivity index (χ0n) is 18.0. The molecule has 0 radical (unpaired) electrons. The number of amides is 2. The fourth-order valence-corrected chi connectivity index (χ4v) is 3.39. The molecule has 0 aromatic heterocycles. The summed E-state index contributed by atoms with van der Waals surface area (Å²) in [4.78, 5) is 28.9. The molecule has 2 rings (SSSR count). The molecule has 1 N–H and O–H groups in total. The lowest BCUT2D eigenvalue weighted by atomic mass is 10.0. The van der Waals surface area contributed by atoms with Crippen molar-refractivity contribution in [2.75, 3.05) is 26.3 Å². The van der Waals surface area contributed by atoms with E-state index in [2.05, 4.69) is 0 Å². The average Bonchev–Trinajstić information content (AvgIpc) is 2.67.